The molecule has 1 unspecified atom stereocenters. The van der Waals surface area contributed by atoms with E-state index in [-0.39, 0.29) is 0 Å². The quantitative estimate of drug-likeness (QED) is 0.114. The van der Waals surface area contributed by atoms with Crippen LogP contribution in [-0.4, -0.2) is 14.2 Å². The first-order chi connectivity index (χ1) is 24.4. The lowest BCUT2D eigenvalue weighted by Crippen LogP contribution is -2.00. The predicted molar refractivity (Wildman–Crippen MR) is 227 cm³/mol. The lowest BCUT2D eigenvalue weighted by atomic mass is 9.95. The Balaban J connectivity index is 1.76. The van der Waals surface area contributed by atoms with Gasteiger partial charge in [-0.2, -0.15) is 0 Å². The van der Waals surface area contributed by atoms with Gasteiger partial charge in [0, 0.05) is 16.3 Å². The zero-order valence-electron chi connectivity index (χ0n) is 34.7. The first-order valence-electron chi connectivity index (χ1n) is 19.6. The summed E-state index contributed by atoms with van der Waals surface area (Å²) in [6.45, 7) is 22.6. The van der Waals surface area contributed by atoms with Crippen molar-refractivity contribution in [2.24, 2.45) is 5.92 Å². The Morgan fingerprint density at radius 3 is 1.43 bits per heavy atom. The average Bonchev–Trinajstić information content (AvgIpc) is 3.06. The first kappa shape index (κ1) is 43.6. The number of benzene rings is 2. The van der Waals surface area contributed by atoms with Crippen LogP contribution in [0.15, 0.2) is 106 Å². The van der Waals surface area contributed by atoms with Gasteiger partial charge < -0.3 is 9.47 Å². The number of ether oxygens (including phenoxy) is 2. The molecule has 0 aliphatic carbocycles. The van der Waals surface area contributed by atoms with Gasteiger partial charge in [0.05, 0.1) is 14.2 Å². The Hall–Kier alpha value is -3.52. The van der Waals surface area contributed by atoms with E-state index in [2.05, 4.69) is 136 Å². The highest BCUT2D eigenvalue weighted by atomic mass is 16.5. The van der Waals surface area contributed by atoms with Gasteiger partial charge in [0.2, 0.25) is 0 Å². The van der Waals surface area contributed by atoms with Gasteiger partial charge in [0.25, 0.3) is 0 Å². The van der Waals surface area contributed by atoms with Crippen molar-refractivity contribution in [1.82, 2.24) is 0 Å². The highest BCUT2D eigenvalue weighted by Gasteiger charge is 2.17. The molecular weight excluding hydrogens is 621 g/mol. The minimum absolute atomic E-state index is 0.561. The van der Waals surface area contributed by atoms with Crippen molar-refractivity contribution < 1.29 is 9.47 Å². The molecule has 51 heavy (non-hydrogen) atoms. The van der Waals surface area contributed by atoms with E-state index in [4.69, 9.17) is 9.47 Å². The Bertz CT molecular complexity index is 1600. The largest absolute Gasteiger partial charge is 0.496 e. The molecule has 0 spiro atoms. The van der Waals surface area contributed by atoms with Crippen LogP contribution >= 0.6 is 0 Å². The summed E-state index contributed by atoms with van der Waals surface area (Å²) in [7, 11) is 3.53. The summed E-state index contributed by atoms with van der Waals surface area (Å²) >= 11 is 0. The molecule has 0 saturated carbocycles. The Kier molecular flexibility index (Phi) is 20.4. The van der Waals surface area contributed by atoms with Gasteiger partial charge in [0.15, 0.2) is 0 Å². The summed E-state index contributed by atoms with van der Waals surface area (Å²) in [6, 6.07) is 8.35. The number of methoxy groups -OCH3 is 2. The molecule has 0 bridgehead atoms. The third-order valence-corrected chi connectivity index (χ3v) is 9.98. The molecule has 2 aromatic carbocycles. The van der Waals surface area contributed by atoms with Crippen molar-refractivity contribution in [2.45, 2.75) is 146 Å². The molecule has 0 saturated heterocycles. The van der Waals surface area contributed by atoms with E-state index < -0.39 is 0 Å². The zero-order valence-corrected chi connectivity index (χ0v) is 34.7. The highest BCUT2D eigenvalue weighted by molar-refractivity contribution is 5.96. The molecule has 0 fully saturated rings. The zero-order chi connectivity index (χ0) is 37.8. The van der Waals surface area contributed by atoms with E-state index >= 15 is 0 Å². The summed E-state index contributed by atoms with van der Waals surface area (Å²) in [4.78, 5) is 0. The fourth-order valence-electron chi connectivity index (χ4n) is 6.97. The van der Waals surface area contributed by atoms with Gasteiger partial charge in [-0.05, 0) is 151 Å². The van der Waals surface area contributed by atoms with E-state index in [0.717, 1.165) is 85.6 Å². The van der Waals surface area contributed by atoms with Crippen LogP contribution in [-0.2, 0) is 6.42 Å². The van der Waals surface area contributed by atoms with E-state index in [0.29, 0.717) is 5.92 Å². The Morgan fingerprint density at radius 1 is 0.549 bits per heavy atom. The van der Waals surface area contributed by atoms with Crippen LogP contribution < -0.4 is 9.47 Å². The van der Waals surface area contributed by atoms with Crippen molar-refractivity contribution >= 4 is 10.8 Å². The van der Waals surface area contributed by atoms with E-state index in [1.54, 1.807) is 14.2 Å². The van der Waals surface area contributed by atoms with E-state index in [1.165, 1.54) is 63.8 Å². The van der Waals surface area contributed by atoms with Crippen LogP contribution in [0.1, 0.15) is 144 Å². The molecule has 2 nitrogen and oxygen atoms in total. The number of hydrogen-bond donors (Lipinski definition) is 0. The van der Waals surface area contributed by atoms with Gasteiger partial charge >= 0.3 is 0 Å². The molecule has 0 amide bonds. The SMILES string of the molecule is COc1c(C)c(C/C=C(\C)CC/C=C(\C)CC(C)/C=C(\C)CC/C=C(\C)CC/C=C(\C)CC/C=C(\C)CCC=C(C)C)c(OC)c2ccccc12. The van der Waals surface area contributed by atoms with Gasteiger partial charge in [0.1, 0.15) is 11.5 Å². The summed E-state index contributed by atoms with van der Waals surface area (Å²) in [5.41, 5.74) is 12.8. The molecule has 0 aliphatic rings. The maximum atomic E-state index is 5.92. The van der Waals surface area contributed by atoms with Gasteiger partial charge in [-0.15, -0.1) is 0 Å². The van der Waals surface area contributed by atoms with Crippen molar-refractivity contribution in [3.05, 3.63) is 117 Å². The van der Waals surface area contributed by atoms with Crippen molar-refractivity contribution in [3.63, 3.8) is 0 Å². The monoisotopic (exact) mass is 693 g/mol. The molecule has 1 atom stereocenters. The lowest BCUT2D eigenvalue weighted by molar-refractivity contribution is 0.404. The van der Waals surface area contributed by atoms with Crippen LogP contribution in [0.2, 0.25) is 0 Å². The molecule has 280 valence electrons. The van der Waals surface area contributed by atoms with Crippen molar-refractivity contribution in [3.8, 4) is 11.5 Å². The third kappa shape index (κ3) is 16.6. The number of allylic oxidation sites excluding steroid dienone is 14. The van der Waals surface area contributed by atoms with Crippen LogP contribution in [0.4, 0.5) is 0 Å². The third-order valence-electron chi connectivity index (χ3n) is 9.98. The smallest absolute Gasteiger partial charge is 0.130 e. The van der Waals surface area contributed by atoms with E-state index in [9.17, 15) is 0 Å². The van der Waals surface area contributed by atoms with Crippen LogP contribution in [0, 0.1) is 12.8 Å². The fraction of sp³-hybridized carbons (Fsp3) is 0.510. The molecule has 0 aromatic heterocycles. The molecule has 0 N–H and O–H groups in total. The topological polar surface area (TPSA) is 18.5 Å². The number of fused-ring (bicyclic) bond motifs is 1. The van der Waals surface area contributed by atoms with Gasteiger partial charge in [-0.3, -0.25) is 0 Å². The normalized spacial score (nSPS) is 14.3. The molecular formula is C49H72O2. The lowest BCUT2D eigenvalue weighted by Gasteiger charge is -2.18. The predicted octanol–water partition coefficient (Wildman–Crippen LogP) is 15.3. The van der Waals surface area contributed by atoms with Crippen LogP contribution in [0.5, 0.6) is 11.5 Å². The minimum Gasteiger partial charge on any atom is -0.496 e. The highest BCUT2D eigenvalue weighted by Crippen LogP contribution is 2.40. The molecule has 2 aromatic rings. The molecule has 0 heterocycles. The van der Waals surface area contributed by atoms with E-state index in [1.807, 2.05) is 0 Å². The average molecular weight is 693 g/mol. The second kappa shape index (κ2) is 23.9. The summed E-state index contributed by atoms with van der Waals surface area (Å²) in [6.07, 6.45) is 30.4. The molecule has 2 heteroatoms. The summed E-state index contributed by atoms with van der Waals surface area (Å²) in [5, 5.41) is 2.21. The second-order valence-electron chi connectivity index (χ2n) is 15.3. The molecule has 2 rings (SSSR count). The number of hydrogen-bond acceptors (Lipinski definition) is 2. The maximum Gasteiger partial charge on any atom is 0.130 e. The maximum absolute atomic E-state index is 5.92. The molecule has 0 aliphatic heterocycles. The van der Waals surface area contributed by atoms with Crippen molar-refractivity contribution in [2.75, 3.05) is 14.2 Å². The number of rotatable bonds is 22. The van der Waals surface area contributed by atoms with Gasteiger partial charge in [-0.1, -0.05) is 113 Å². The van der Waals surface area contributed by atoms with Crippen molar-refractivity contribution in [1.29, 1.82) is 0 Å². The van der Waals surface area contributed by atoms with Crippen LogP contribution in [0.3, 0.4) is 0 Å². The Labute approximate surface area is 314 Å². The minimum atomic E-state index is 0.561. The van der Waals surface area contributed by atoms with Crippen LogP contribution in [0.25, 0.3) is 10.8 Å². The molecule has 0 radical (unpaired) electrons. The summed E-state index contributed by atoms with van der Waals surface area (Å²) in [5.74, 6) is 2.47. The first-order valence-corrected chi connectivity index (χ1v) is 19.6. The fourth-order valence-corrected chi connectivity index (χ4v) is 6.97. The Morgan fingerprint density at radius 2 is 0.961 bits per heavy atom. The summed E-state index contributed by atoms with van der Waals surface area (Å²) < 4.78 is 11.8. The second-order valence-corrected chi connectivity index (χ2v) is 15.3. The van der Waals surface area contributed by atoms with Gasteiger partial charge in [-0.25, -0.2) is 0 Å². The standard InChI is InChI=1S/C49H72O2/c1-36(2)20-15-21-37(3)22-16-23-38(4)24-17-25-39(5)26-18-28-41(7)34-43(9)35-42(8)29-19-27-40(6)32-33-45-44(10)48(50-11)46-30-13-14-31-47(46)49(45)51-12/h13-14,20,22,24,26,29-32,34,43H,15-19,21,23,25,27-28,33,35H2,1-12H3/b37-22+,38-24+,39-26+,40-32+,41-34+,42-29+.